The molecule has 1 atom stereocenters. The number of ether oxygens (including phenoxy) is 1. The van der Waals surface area contributed by atoms with E-state index in [4.69, 9.17) is 4.74 Å². The zero-order valence-electron chi connectivity index (χ0n) is 15.6. The van der Waals surface area contributed by atoms with Gasteiger partial charge in [0.05, 0.1) is 12.3 Å². The predicted octanol–water partition coefficient (Wildman–Crippen LogP) is 0.695. The summed E-state index contributed by atoms with van der Waals surface area (Å²) in [6.45, 7) is 7.52. The Morgan fingerprint density at radius 3 is 2.73 bits per heavy atom. The molecule has 9 heteroatoms. The molecule has 2 aliphatic rings. The lowest BCUT2D eigenvalue weighted by Gasteiger charge is -2.45. The quantitative estimate of drug-likeness (QED) is 0.806. The van der Waals surface area contributed by atoms with E-state index in [1.54, 1.807) is 13.1 Å². The Hall–Kier alpha value is -1.45. The van der Waals surface area contributed by atoms with Gasteiger partial charge in [0, 0.05) is 32.0 Å². The van der Waals surface area contributed by atoms with Gasteiger partial charge < -0.3 is 14.6 Å². The van der Waals surface area contributed by atoms with E-state index in [1.165, 1.54) is 4.31 Å². The van der Waals surface area contributed by atoms with Crippen molar-refractivity contribution in [1.29, 1.82) is 0 Å². The molecule has 146 valence electrons. The van der Waals surface area contributed by atoms with Gasteiger partial charge in [-0.05, 0) is 25.7 Å². The van der Waals surface area contributed by atoms with Crippen molar-refractivity contribution in [3.63, 3.8) is 0 Å². The third-order valence-corrected chi connectivity index (χ3v) is 7.00. The molecular formula is C17H28N4O4S. The van der Waals surface area contributed by atoms with E-state index in [-0.39, 0.29) is 11.7 Å². The molecule has 0 aliphatic carbocycles. The molecule has 26 heavy (non-hydrogen) atoms. The number of hydrogen-bond donors (Lipinski definition) is 1. The second-order valence-electron chi connectivity index (χ2n) is 7.44. The summed E-state index contributed by atoms with van der Waals surface area (Å²) in [7, 11) is -3.22. The van der Waals surface area contributed by atoms with E-state index in [2.05, 4.69) is 10.3 Å². The van der Waals surface area contributed by atoms with Crippen LogP contribution in [0.5, 0.6) is 0 Å². The molecule has 2 aliphatic heterocycles. The van der Waals surface area contributed by atoms with E-state index in [0.29, 0.717) is 44.9 Å². The highest BCUT2D eigenvalue weighted by molar-refractivity contribution is 7.89. The number of fused-ring (bicyclic) bond motifs is 2. The topological polar surface area (TPSA) is 93.5 Å². The minimum absolute atomic E-state index is 0.0930. The van der Waals surface area contributed by atoms with Gasteiger partial charge in [-0.3, -0.25) is 4.79 Å². The summed E-state index contributed by atoms with van der Waals surface area (Å²) in [5.74, 6) is 1.12. The highest BCUT2D eigenvalue weighted by Gasteiger charge is 2.48. The highest BCUT2D eigenvalue weighted by Crippen LogP contribution is 2.40. The molecule has 1 spiro atoms. The molecule has 1 N–H and O–H groups in total. The van der Waals surface area contributed by atoms with Gasteiger partial charge in [0.1, 0.15) is 11.4 Å². The SMILES string of the molecule is CCS(=O)(=O)N1CCC2(CC1)O[C@H](C(=O)NCC(C)C)Cn1ccnc12. The van der Waals surface area contributed by atoms with Crippen LogP contribution < -0.4 is 5.32 Å². The molecule has 1 fully saturated rings. The van der Waals surface area contributed by atoms with E-state index in [0.717, 1.165) is 5.82 Å². The maximum Gasteiger partial charge on any atom is 0.251 e. The van der Waals surface area contributed by atoms with Gasteiger partial charge in [-0.2, -0.15) is 0 Å². The lowest BCUT2D eigenvalue weighted by atomic mass is 9.89. The van der Waals surface area contributed by atoms with Crippen LogP contribution in [0.25, 0.3) is 0 Å². The molecule has 3 heterocycles. The first kappa shape index (κ1) is 19.3. The highest BCUT2D eigenvalue weighted by atomic mass is 32.2. The maximum absolute atomic E-state index is 12.6. The molecule has 0 bridgehead atoms. The monoisotopic (exact) mass is 384 g/mol. The fraction of sp³-hybridized carbons (Fsp3) is 0.765. The molecule has 0 unspecified atom stereocenters. The summed E-state index contributed by atoms with van der Waals surface area (Å²) in [6.07, 6.45) is 3.97. The zero-order valence-corrected chi connectivity index (χ0v) is 16.5. The van der Waals surface area contributed by atoms with Gasteiger partial charge in [0.25, 0.3) is 5.91 Å². The van der Waals surface area contributed by atoms with Gasteiger partial charge in [0.15, 0.2) is 6.10 Å². The summed E-state index contributed by atoms with van der Waals surface area (Å²) in [6, 6.07) is 0. The molecule has 0 radical (unpaired) electrons. The van der Waals surface area contributed by atoms with Crippen molar-refractivity contribution >= 4 is 15.9 Å². The second-order valence-corrected chi connectivity index (χ2v) is 9.70. The predicted molar refractivity (Wildman–Crippen MR) is 96.9 cm³/mol. The zero-order chi connectivity index (χ0) is 18.9. The number of nitrogens with one attached hydrogen (secondary N) is 1. The summed E-state index contributed by atoms with van der Waals surface area (Å²) in [5.41, 5.74) is -0.707. The molecule has 3 rings (SSSR count). The molecule has 1 aromatic heterocycles. The third kappa shape index (κ3) is 3.65. The summed E-state index contributed by atoms with van der Waals surface area (Å²) in [5, 5.41) is 2.93. The van der Waals surface area contributed by atoms with Crippen molar-refractivity contribution in [2.75, 3.05) is 25.4 Å². The standard InChI is InChI=1S/C17H28N4O4S/c1-4-26(23,24)21-8-5-17(6-9-21)16-18-7-10-20(16)12-14(25-17)15(22)19-11-13(2)3/h7,10,13-14H,4-6,8-9,11-12H2,1-3H3,(H,19,22)/t14-/m0/s1. The first-order chi connectivity index (χ1) is 12.3. The Morgan fingerprint density at radius 2 is 2.12 bits per heavy atom. The van der Waals surface area contributed by atoms with Gasteiger partial charge in [0.2, 0.25) is 10.0 Å². The van der Waals surface area contributed by atoms with Crippen molar-refractivity contribution in [3.05, 3.63) is 18.2 Å². The lowest BCUT2D eigenvalue weighted by Crippen LogP contribution is -2.55. The van der Waals surface area contributed by atoms with Crippen LogP contribution in [0.2, 0.25) is 0 Å². The van der Waals surface area contributed by atoms with Gasteiger partial charge in [-0.15, -0.1) is 0 Å². The average Bonchev–Trinajstić information content (AvgIpc) is 3.09. The Labute approximate surface area is 155 Å². The van der Waals surface area contributed by atoms with Crippen LogP contribution in [0.4, 0.5) is 0 Å². The number of carbonyl (C=O) groups excluding carboxylic acids is 1. The molecule has 0 aromatic carbocycles. The second kappa shape index (κ2) is 7.28. The van der Waals surface area contributed by atoms with Crippen LogP contribution in [-0.4, -0.2) is 59.7 Å². The number of amides is 1. The van der Waals surface area contributed by atoms with Gasteiger partial charge >= 0.3 is 0 Å². The molecule has 1 saturated heterocycles. The van der Waals surface area contributed by atoms with Crippen LogP contribution in [0.1, 0.15) is 39.4 Å². The number of sulfonamides is 1. The minimum Gasteiger partial charge on any atom is -0.354 e. The molecule has 1 aromatic rings. The Bertz CT molecular complexity index is 751. The van der Waals surface area contributed by atoms with Crippen LogP contribution in [0, 0.1) is 5.92 Å². The van der Waals surface area contributed by atoms with Gasteiger partial charge in [-0.25, -0.2) is 17.7 Å². The maximum atomic E-state index is 12.6. The molecular weight excluding hydrogens is 356 g/mol. The lowest BCUT2D eigenvalue weighted by molar-refractivity contribution is -0.170. The van der Waals surface area contributed by atoms with Crippen molar-refractivity contribution in [3.8, 4) is 0 Å². The molecule has 1 amide bonds. The number of carbonyl (C=O) groups is 1. The fourth-order valence-electron chi connectivity index (χ4n) is 3.60. The van der Waals surface area contributed by atoms with Crippen molar-refractivity contribution < 1.29 is 17.9 Å². The van der Waals surface area contributed by atoms with E-state index in [1.807, 2.05) is 24.6 Å². The van der Waals surface area contributed by atoms with Crippen molar-refractivity contribution in [2.24, 2.45) is 5.92 Å². The van der Waals surface area contributed by atoms with Crippen molar-refractivity contribution in [2.45, 2.75) is 51.9 Å². The van der Waals surface area contributed by atoms with Crippen LogP contribution in [-0.2, 0) is 31.7 Å². The minimum atomic E-state index is -3.22. The van der Waals surface area contributed by atoms with Crippen LogP contribution in [0.15, 0.2) is 12.4 Å². The number of aromatic nitrogens is 2. The van der Waals surface area contributed by atoms with Crippen LogP contribution in [0.3, 0.4) is 0 Å². The number of nitrogens with zero attached hydrogens (tertiary/aromatic N) is 3. The molecule has 8 nitrogen and oxygen atoms in total. The Morgan fingerprint density at radius 1 is 1.42 bits per heavy atom. The third-order valence-electron chi connectivity index (χ3n) is 5.12. The molecule has 0 saturated carbocycles. The Balaban J connectivity index is 1.78. The normalized spacial score (nSPS) is 23.2. The number of imidazole rings is 1. The van der Waals surface area contributed by atoms with E-state index in [9.17, 15) is 13.2 Å². The van der Waals surface area contributed by atoms with Crippen LogP contribution >= 0.6 is 0 Å². The average molecular weight is 385 g/mol. The summed E-state index contributed by atoms with van der Waals surface area (Å²) >= 11 is 0. The Kier molecular flexibility index (Phi) is 5.41. The van der Waals surface area contributed by atoms with E-state index >= 15 is 0 Å². The first-order valence-electron chi connectivity index (χ1n) is 9.22. The van der Waals surface area contributed by atoms with Gasteiger partial charge in [-0.1, -0.05) is 13.8 Å². The number of hydrogen-bond acceptors (Lipinski definition) is 5. The fourth-order valence-corrected chi connectivity index (χ4v) is 4.71. The summed E-state index contributed by atoms with van der Waals surface area (Å²) < 4.78 is 34.0. The smallest absolute Gasteiger partial charge is 0.251 e. The number of piperidine rings is 1. The largest absolute Gasteiger partial charge is 0.354 e. The van der Waals surface area contributed by atoms with E-state index < -0.39 is 21.7 Å². The summed E-state index contributed by atoms with van der Waals surface area (Å²) in [4.78, 5) is 17.0. The number of rotatable bonds is 5. The first-order valence-corrected chi connectivity index (χ1v) is 10.8. The van der Waals surface area contributed by atoms with Crippen molar-refractivity contribution in [1.82, 2.24) is 19.2 Å².